The fourth-order valence-electron chi connectivity index (χ4n) is 3.50. The Balaban J connectivity index is 1.71. The summed E-state index contributed by atoms with van der Waals surface area (Å²) in [5.74, 6) is 0. The molecule has 128 valence electrons. The van der Waals surface area contributed by atoms with Gasteiger partial charge in [-0.25, -0.2) is 4.79 Å². The van der Waals surface area contributed by atoms with E-state index in [1.165, 1.54) is 0 Å². The highest BCUT2D eigenvalue weighted by atomic mass is 16.2. The molecule has 0 unspecified atom stereocenters. The third kappa shape index (κ3) is 3.09. The van der Waals surface area contributed by atoms with Crippen molar-refractivity contribution < 1.29 is 4.79 Å². The third-order valence-electron chi connectivity index (χ3n) is 4.75. The number of amides is 2. The van der Waals surface area contributed by atoms with Crippen LogP contribution in [-0.2, 0) is 13.6 Å². The van der Waals surface area contributed by atoms with Gasteiger partial charge < -0.3 is 19.8 Å². The van der Waals surface area contributed by atoms with Crippen LogP contribution in [0.1, 0.15) is 41.4 Å². The Labute approximate surface area is 141 Å². The maximum Gasteiger partial charge on any atom is 0.318 e. The van der Waals surface area contributed by atoms with Crippen LogP contribution in [0.3, 0.4) is 0 Å². The molecule has 1 fully saturated rings. The summed E-state index contributed by atoms with van der Waals surface area (Å²) in [5.41, 5.74) is 3.36. The predicted octanol–water partition coefficient (Wildman–Crippen LogP) is 2.38. The van der Waals surface area contributed by atoms with E-state index in [1.807, 2.05) is 44.1 Å². The fraction of sp³-hybridized carbons (Fsp3) is 0.444. The summed E-state index contributed by atoms with van der Waals surface area (Å²) in [6, 6.07) is 5.97. The normalized spacial score (nSPS) is 17.3. The first-order valence-electron chi connectivity index (χ1n) is 8.32. The fourth-order valence-corrected chi connectivity index (χ4v) is 3.50. The van der Waals surface area contributed by atoms with Crippen LogP contribution >= 0.6 is 0 Å². The van der Waals surface area contributed by atoms with Gasteiger partial charge in [0.15, 0.2) is 0 Å². The molecular weight excluding hydrogens is 304 g/mol. The van der Waals surface area contributed by atoms with Crippen molar-refractivity contribution in [3.05, 3.63) is 57.3 Å². The van der Waals surface area contributed by atoms with Crippen molar-refractivity contribution in [3.63, 3.8) is 0 Å². The number of carbonyl (C=O) groups is 1. The van der Waals surface area contributed by atoms with E-state index in [0.29, 0.717) is 5.56 Å². The van der Waals surface area contributed by atoms with E-state index in [4.69, 9.17) is 0 Å². The van der Waals surface area contributed by atoms with Crippen LogP contribution < -0.4 is 10.9 Å². The van der Waals surface area contributed by atoms with E-state index in [0.717, 1.165) is 36.3 Å². The van der Waals surface area contributed by atoms with Gasteiger partial charge in [0.25, 0.3) is 5.56 Å². The highest BCUT2D eigenvalue weighted by molar-refractivity contribution is 5.75. The first kappa shape index (κ1) is 16.4. The van der Waals surface area contributed by atoms with Crippen LogP contribution in [0.4, 0.5) is 4.79 Å². The van der Waals surface area contributed by atoms with Gasteiger partial charge in [-0.1, -0.05) is 0 Å². The van der Waals surface area contributed by atoms with E-state index in [2.05, 4.69) is 20.9 Å². The van der Waals surface area contributed by atoms with Crippen LogP contribution in [0.25, 0.3) is 0 Å². The molecule has 1 aliphatic rings. The number of carbonyl (C=O) groups excluding carboxylic acids is 1. The van der Waals surface area contributed by atoms with Gasteiger partial charge in [-0.3, -0.25) is 4.79 Å². The Morgan fingerprint density at radius 3 is 2.88 bits per heavy atom. The molecule has 2 aromatic rings. The zero-order valence-corrected chi connectivity index (χ0v) is 14.4. The lowest BCUT2D eigenvalue weighted by Crippen LogP contribution is -2.40. The number of urea groups is 1. The molecule has 0 saturated carbocycles. The van der Waals surface area contributed by atoms with Gasteiger partial charge in [0.2, 0.25) is 0 Å². The first-order chi connectivity index (χ1) is 11.5. The summed E-state index contributed by atoms with van der Waals surface area (Å²) < 4.78 is 2.06. The number of rotatable bonds is 3. The molecule has 0 aliphatic carbocycles. The predicted molar refractivity (Wildman–Crippen MR) is 92.9 cm³/mol. The van der Waals surface area contributed by atoms with Crippen LogP contribution in [-0.4, -0.2) is 27.0 Å². The quantitative estimate of drug-likeness (QED) is 0.908. The first-order valence-corrected chi connectivity index (χ1v) is 8.32. The molecule has 2 N–H and O–H groups in total. The Morgan fingerprint density at radius 1 is 1.42 bits per heavy atom. The van der Waals surface area contributed by atoms with Crippen LogP contribution in [0.15, 0.2) is 29.2 Å². The highest BCUT2D eigenvalue weighted by Crippen LogP contribution is 2.31. The molecular formula is C18H24N4O2. The summed E-state index contributed by atoms with van der Waals surface area (Å²) >= 11 is 0. The molecule has 1 atom stereocenters. The number of hydrogen-bond acceptors (Lipinski definition) is 2. The summed E-state index contributed by atoms with van der Waals surface area (Å²) in [5, 5.41) is 2.91. The van der Waals surface area contributed by atoms with Crippen molar-refractivity contribution >= 4 is 6.03 Å². The van der Waals surface area contributed by atoms with Gasteiger partial charge in [0.05, 0.1) is 12.6 Å². The smallest absolute Gasteiger partial charge is 0.318 e. The topological polar surface area (TPSA) is 70.1 Å². The Hall–Kier alpha value is -2.50. The number of aryl methyl sites for hydroxylation is 3. The summed E-state index contributed by atoms with van der Waals surface area (Å²) in [7, 11) is 2.00. The largest absolute Gasteiger partial charge is 0.353 e. The lowest BCUT2D eigenvalue weighted by molar-refractivity contribution is 0.191. The van der Waals surface area contributed by atoms with Crippen molar-refractivity contribution in [3.8, 4) is 0 Å². The number of likely N-dealkylation sites (tertiary alicyclic amines) is 1. The molecule has 3 rings (SSSR count). The molecule has 1 aliphatic heterocycles. The third-order valence-corrected chi connectivity index (χ3v) is 4.75. The molecule has 0 aromatic carbocycles. The number of H-pyrrole nitrogens is 1. The zero-order valence-electron chi connectivity index (χ0n) is 14.4. The second-order valence-corrected chi connectivity index (χ2v) is 6.50. The molecule has 0 radical (unpaired) electrons. The molecule has 3 heterocycles. The van der Waals surface area contributed by atoms with Gasteiger partial charge in [0, 0.05) is 36.7 Å². The van der Waals surface area contributed by atoms with Crippen molar-refractivity contribution in [2.45, 2.75) is 39.3 Å². The maximum atomic E-state index is 12.6. The molecule has 6 heteroatoms. The second-order valence-electron chi connectivity index (χ2n) is 6.50. The van der Waals surface area contributed by atoms with Crippen molar-refractivity contribution in [2.75, 3.05) is 6.54 Å². The average molecular weight is 328 g/mol. The summed E-state index contributed by atoms with van der Waals surface area (Å²) in [4.78, 5) is 29.3. The van der Waals surface area contributed by atoms with Crippen LogP contribution in [0.2, 0.25) is 0 Å². The lowest BCUT2D eigenvalue weighted by atomic mass is 10.1. The van der Waals surface area contributed by atoms with Crippen molar-refractivity contribution in [1.82, 2.24) is 19.8 Å². The van der Waals surface area contributed by atoms with Gasteiger partial charge in [0.1, 0.15) is 0 Å². The van der Waals surface area contributed by atoms with Crippen molar-refractivity contribution in [1.29, 1.82) is 0 Å². The second kappa shape index (κ2) is 6.55. The van der Waals surface area contributed by atoms with E-state index in [-0.39, 0.29) is 24.2 Å². The lowest BCUT2D eigenvalue weighted by Gasteiger charge is -2.25. The number of aromatic nitrogens is 2. The SMILES string of the molecule is Cc1cc(C)c(CNC(=O)N2CCC[C@@H]2c2cccn2C)c(=O)[nH]1. The Morgan fingerprint density at radius 2 is 2.21 bits per heavy atom. The number of aromatic amines is 1. The minimum Gasteiger partial charge on any atom is -0.353 e. The minimum absolute atomic E-state index is 0.0994. The standard InChI is InChI=1S/C18H24N4O2/c1-12-10-13(2)20-17(23)14(12)11-19-18(24)22-9-5-7-16(22)15-6-4-8-21(15)3/h4,6,8,10,16H,5,7,9,11H2,1-3H3,(H,19,24)(H,20,23)/t16-/m1/s1. The molecule has 2 aromatic heterocycles. The van der Waals surface area contributed by atoms with Gasteiger partial charge >= 0.3 is 6.03 Å². The molecule has 1 saturated heterocycles. The van der Waals surface area contributed by atoms with E-state index in [9.17, 15) is 9.59 Å². The Kier molecular flexibility index (Phi) is 4.46. The number of pyridine rings is 1. The van der Waals surface area contributed by atoms with Gasteiger partial charge in [-0.2, -0.15) is 0 Å². The minimum atomic E-state index is -0.131. The highest BCUT2D eigenvalue weighted by Gasteiger charge is 2.31. The summed E-state index contributed by atoms with van der Waals surface area (Å²) in [6.07, 6.45) is 3.96. The van der Waals surface area contributed by atoms with Crippen LogP contribution in [0, 0.1) is 13.8 Å². The monoisotopic (exact) mass is 328 g/mol. The average Bonchev–Trinajstić information content (AvgIpc) is 3.13. The summed E-state index contributed by atoms with van der Waals surface area (Å²) in [6.45, 7) is 4.74. The molecule has 2 amide bonds. The molecule has 6 nitrogen and oxygen atoms in total. The maximum absolute atomic E-state index is 12.6. The Bertz CT molecular complexity index is 806. The molecule has 0 spiro atoms. The van der Waals surface area contributed by atoms with Gasteiger partial charge in [-0.15, -0.1) is 0 Å². The van der Waals surface area contributed by atoms with Crippen molar-refractivity contribution in [2.24, 2.45) is 7.05 Å². The number of hydrogen-bond donors (Lipinski definition) is 2. The number of nitrogens with one attached hydrogen (secondary N) is 2. The van der Waals surface area contributed by atoms with E-state index < -0.39 is 0 Å². The molecule has 24 heavy (non-hydrogen) atoms. The van der Waals surface area contributed by atoms with E-state index >= 15 is 0 Å². The zero-order chi connectivity index (χ0) is 17.3. The van der Waals surface area contributed by atoms with Crippen LogP contribution in [0.5, 0.6) is 0 Å². The van der Waals surface area contributed by atoms with Gasteiger partial charge in [-0.05, 0) is 50.5 Å². The van der Waals surface area contributed by atoms with E-state index in [1.54, 1.807) is 0 Å². The molecule has 0 bridgehead atoms. The number of nitrogens with zero attached hydrogens (tertiary/aromatic N) is 2.